The van der Waals surface area contributed by atoms with Gasteiger partial charge in [0.25, 0.3) is 0 Å². The molecule has 0 bridgehead atoms. The van der Waals surface area contributed by atoms with Gasteiger partial charge in [-0.1, -0.05) is 18.2 Å². The van der Waals surface area contributed by atoms with Crippen molar-refractivity contribution >= 4 is 17.0 Å². The summed E-state index contributed by atoms with van der Waals surface area (Å²) in [6.07, 6.45) is 2.62. The Bertz CT molecular complexity index is 821. The molecular weight excluding hydrogens is 297 g/mol. The molecule has 0 amide bonds. The Labute approximate surface area is 132 Å². The summed E-state index contributed by atoms with van der Waals surface area (Å²) < 4.78 is 15.9. The first kappa shape index (κ1) is 14.7. The molecule has 0 N–H and O–H groups in total. The maximum Gasteiger partial charge on any atom is 0.190 e. The summed E-state index contributed by atoms with van der Waals surface area (Å²) in [4.78, 5) is 9.60. The molecule has 0 unspecified atom stereocenters. The van der Waals surface area contributed by atoms with Gasteiger partial charge < -0.3 is 4.57 Å². The Morgan fingerprint density at radius 3 is 2.77 bits per heavy atom. The Kier molecular flexibility index (Phi) is 4.44. The Morgan fingerprint density at radius 1 is 1.18 bits per heavy atom. The molecule has 3 nitrogen and oxygen atoms in total. The predicted octanol–water partition coefficient (Wildman–Crippen LogP) is 3.87. The lowest BCUT2D eigenvalue weighted by Gasteiger charge is -2.06. The smallest absolute Gasteiger partial charge is 0.190 e. The minimum absolute atomic E-state index is 0.301. The van der Waals surface area contributed by atoms with Crippen molar-refractivity contribution < 1.29 is 4.39 Å². The minimum atomic E-state index is -0.301. The summed E-state index contributed by atoms with van der Waals surface area (Å²) in [5, 5.41) is 2.04. The lowest BCUT2D eigenvalue weighted by Crippen LogP contribution is -2.17. The Hall–Kier alpha value is -2.27. The molecule has 0 saturated carbocycles. The van der Waals surface area contributed by atoms with Crippen LogP contribution in [0.1, 0.15) is 11.4 Å². The molecule has 0 radical (unpaired) electrons. The number of rotatable bonds is 4. The van der Waals surface area contributed by atoms with Crippen molar-refractivity contribution in [3.63, 3.8) is 0 Å². The fourth-order valence-corrected chi connectivity index (χ4v) is 3.11. The Morgan fingerprint density at radius 2 is 2.00 bits per heavy atom. The van der Waals surface area contributed by atoms with Crippen molar-refractivity contribution in [2.24, 2.45) is 4.99 Å². The SMILES string of the molecule is Cc1csc(=Nc2ccccc2F)n1CCc1ccccn1. The van der Waals surface area contributed by atoms with Crippen LogP contribution in [0.15, 0.2) is 59.0 Å². The van der Waals surface area contributed by atoms with Crippen LogP contribution < -0.4 is 4.80 Å². The van der Waals surface area contributed by atoms with Crippen molar-refractivity contribution in [2.45, 2.75) is 19.9 Å². The second-order valence-corrected chi connectivity index (χ2v) is 5.78. The third kappa shape index (κ3) is 3.31. The van der Waals surface area contributed by atoms with Crippen LogP contribution in [-0.2, 0) is 13.0 Å². The quantitative estimate of drug-likeness (QED) is 0.719. The number of hydrogen-bond donors (Lipinski definition) is 0. The highest BCUT2D eigenvalue weighted by molar-refractivity contribution is 7.07. The van der Waals surface area contributed by atoms with E-state index >= 15 is 0 Å². The summed E-state index contributed by atoms with van der Waals surface area (Å²) in [6, 6.07) is 12.5. The molecular formula is C17H16FN3S. The van der Waals surface area contributed by atoms with Gasteiger partial charge in [-0.3, -0.25) is 4.98 Å². The van der Waals surface area contributed by atoms with Crippen molar-refractivity contribution in [1.29, 1.82) is 0 Å². The molecule has 22 heavy (non-hydrogen) atoms. The maximum atomic E-state index is 13.8. The van der Waals surface area contributed by atoms with E-state index in [1.54, 1.807) is 24.4 Å². The lowest BCUT2D eigenvalue weighted by molar-refractivity contribution is 0.624. The van der Waals surface area contributed by atoms with E-state index in [1.807, 2.05) is 30.5 Å². The second kappa shape index (κ2) is 6.66. The number of thiazole rings is 1. The van der Waals surface area contributed by atoms with E-state index in [1.165, 1.54) is 17.4 Å². The van der Waals surface area contributed by atoms with Crippen LogP contribution in [-0.4, -0.2) is 9.55 Å². The number of pyridine rings is 1. The molecule has 2 heterocycles. The summed E-state index contributed by atoms with van der Waals surface area (Å²) >= 11 is 1.52. The van der Waals surface area contributed by atoms with E-state index < -0.39 is 0 Å². The van der Waals surface area contributed by atoms with Crippen LogP contribution in [0, 0.1) is 12.7 Å². The molecule has 0 atom stereocenters. The first-order valence-corrected chi connectivity index (χ1v) is 7.96. The third-order valence-corrected chi connectivity index (χ3v) is 4.36. The first-order chi connectivity index (χ1) is 10.7. The maximum absolute atomic E-state index is 13.8. The highest BCUT2D eigenvalue weighted by Gasteiger charge is 2.04. The van der Waals surface area contributed by atoms with Gasteiger partial charge in [0.1, 0.15) is 11.5 Å². The molecule has 0 spiro atoms. The molecule has 0 fully saturated rings. The molecule has 3 aromatic rings. The molecule has 5 heteroatoms. The largest absolute Gasteiger partial charge is 0.321 e. The van der Waals surface area contributed by atoms with Gasteiger partial charge >= 0.3 is 0 Å². The average molecular weight is 313 g/mol. The number of aryl methyl sites for hydroxylation is 2. The van der Waals surface area contributed by atoms with Gasteiger partial charge in [0.2, 0.25) is 0 Å². The Balaban J connectivity index is 1.90. The topological polar surface area (TPSA) is 30.2 Å². The summed E-state index contributed by atoms with van der Waals surface area (Å²) in [5.74, 6) is -0.301. The van der Waals surface area contributed by atoms with Crippen molar-refractivity contribution in [3.05, 3.63) is 76.0 Å². The summed E-state index contributed by atoms with van der Waals surface area (Å²) in [7, 11) is 0. The standard InChI is InChI=1S/C17H16FN3S/c1-13-12-22-17(20-16-8-3-2-7-15(16)18)21(13)11-9-14-6-4-5-10-19-14/h2-8,10,12H,9,11H2,1H3. The fraction of sp³-hybridized carbons (Fsp3) is 0.176. The van der Waals surface area contributed by atoms with E-state index in [2.05, 4.69) is 14.5 Å². The first-order valence-electron chi connectivity index (χ1n) is 7.08. The van der Waals surface area contributed by atoms with Crippen LogP contribution in [0.25, 0.3) is 0 Å². The van der Waals surface area contributed by atoms with Gasteiger partial charge in [0, 0.05) is 35.9 Å². The monoisotopic (exact) mass is 313 g/mol. The van der Waals surface area contributed by atoms with Crippen molar-refractivity contribution in [1.82, 2.24) is 9.55 Å². The predicted molar refractivity (Wildman–Crippen MR) is 86.6 cm³/mol. The van der Waals surface area contributed by atoms with Gasteiger partial charge in [-0.2, -0.15) is 0 Å². The number of para-hydroxylation sites is 1. The van der Waals surface area contributed by atoms with E-state index in [4.69, 9.17) is 0 Å². The van der Waals surface area contributed by atoms with E-state index in [0.717, 1.165) is 29.2 Å². The van der Waals surface area contributed by atoms with Crippen LogP contribution in [0.3, 0.4) is 0 Å². The number of aromatic nitrogens is 2. The zero-order chi connectivity index (χ0) is 15.4. The molecule has 112 valence electrons. The number of halogens is 1. The van der Waals surface area contributed by atoms with Crippen LogP contribution in [0.4, 0.5) is 10.1 Å². The van der Waals surface area contributed by atoms with Gasteiger partial charge in [0.05, 0.1) is 0 Å². The zero-order valence-electron chi connectivity index (χ0n) is 12.2. The fourth-order valence-electron chi connectivity index (χ4n) is 2.19. The van der Waals surface area contributed by atoms with Gasteiger partial charge in [0.15, 0.2) is 4.80 Å². The van der Waals surface area contributed by atoms with Crippen molar-refractivity contribution in [3.8, 4) is 0 Å². The summed E-state index contributed by atoms with van der Waals surface area (Å²) in [5.41, 5.74) is 2.53. The minimum Gasteiger partial charge on any atom is -0.321 e. The van der Waals surface area contributed by atoms with Crippen LogP contribution >= 0.6 is 11.3 Å². The molecule has 0 aliphatic rings. The average Bonchev–Trinajstić information content (AvgIpc) is 2.89. The summed E-state index contributed by atoms with van der Waals surface area (Å²) in [6.45, 7) is 2.81. The molecule has 1 aromatic carbocycles. The third-order valence-electron chi connectivity index (χ3n) is 3.38. The van der Waals surface area contributed by atoms with E-state index in [9.17, 15) is 4.39 Å². The molecule has 0 aliphatic carbocycles. The number of benzene rings is 1. The lowest BCUT2D eigenvalue weighted by atomic mass is 10.2. The van der Waals surface area contributed by atoms with Gasteiger partial charge in [-0.25, -0.2) is 9.38 Å². The van der Waals surface area contributed by atoms with Gasteiger partial charge in [-0.15, -0.1) is 11.3 Å². The van der Waals surface area contributed by atoms with E-state index in [0.29, 0.717) is 5.69 Å². The molecule has 3 rings (SSSR count). The van der Waals surface area contributed by atoms with E-state index in [-0.39, 0.29) is 5.82 Å². The molecule has 2 aromatic heterocycles. The zero-order valence-corrected chi connectivity index (χ0v) is 13.1. The number of nitrogens with zero attached hydrogens (tertiary/aromatic N) is 3. The second-order valence-electron chi connectivity index (χ2n) is 4.95. The van der Waals surface area contributed by atoms with Crippen LogP contribution in [0.5, 0.6) is 0 Å². The normalized spacial score (nSPS) is 11.8. The molecule has 0 saturated heterocycles. The highest BCUT2D eigenvalue weighted by atomic mass is 32.1. The van der Waals surface area contributed by atoms with Crippen molar-refractivity contribution in [2.75, 3.05) is 0 Å². The van der Waals surface area contributed by atoms with Gasteiger partial charge in [-0.05, 0) is 31.2 Å². The van der Waals surface area contributed by atoms with Crippen LogP contribution in [0.2, 0.25) is 0 Å². The molecule has 0 aliphatic heterocycles. The number of hydrogen-bond acceptors (Lipinski definition) is 3. The highest BCUT2D eigenvalue weighted by Crippen LogP contribution is 2.16.